The highest BCUT2D eigenvalue weighted by molar-refractivity contribution is 9.10. The van der Waals surface area contributed by atoms with Gasteiger partial charge in [-0.15, -0.1) is 0 Å². The van der Waals surface area contributed by atoms with Gasteiger partial charge in [0.05, 0.1) is 6.04 Å². The monoisotopic (exact) mass is 369 g/mol. The Labute approximate surface area is 138 Å². The van der Waals surface area contributed by atoms with E-state index >= 15 is 0 Å². The van der Waals surface area contributed by atoms with E-state index in [1.54, 1.807) is 12.1 Å². The maximum Gasteiger partial charge on any atom is 0.129 e. The lowest BCUT2D eigenvalue weighted by Crippen LogP contribution is -2.25. The van der Waals surface area contributed by atoms with Crippen LogP contribution < -0.4 is 5.32 Å². The molecule has 1 N–H and O–H groups in total. The summed E-state index contributed by atoms with van der Waals surface area (Å²) in [4.78, 5) is 0. The Kier molecular flexibility index (Phi) is 5.80. The van der Waals surface area contributed by atoms with Crippen LogP contribution in [0.3, 0.4) is 0 Å². The van der Waals surface area contributed by atoms with E-state index < -0.39 is 0 Å². The van der Waals surface area contributed by atoms with E-state index in [0.29, 0.717) is 10.6 Å². The maximum absolute atomic E-state index is 14.3. The van der Waals surface area contributed by atoms with Gasteiger partial charge in [0.25, 0.3) is 0 Å². The number of hydrogen-bond acceptors (Lipinski definition) is 1. The zero-order valence-corrected chi connectivity index (χ0v) is 14.4. The molecule has 112 valence electrons. The fourth-order valence-electron chi connectivity index (χ4n) is 2.33. The predicted octanol–water partition coefficient (Wildman–Crippen LogP) is 5.64. The van der Waals surface area contributed by atoms with Crippen LogP contribution in [0.4, 0.5) is 4.39 Å². The van der Waals surface area contributed by atoms with Crippen LogP contribution in [0.25, 0.3) is 0 Å². The molecule has 0 aliphatic heterocycles. The van der Waals surface area contributed by atoms with E-state index in [2.05, 4.69) is 28.2 Å². The Balaban J connectivity index is 2.49. The standard InChI is InChI=1S/C17H18BrClFN/c1-3-8-21-17(14-7-6-13(19)10-16(14)20)15-9-12(18)5-4-11(15)2/h4-7,9-10,17,21H,3,8H2,1-2H3. The van der Waals surface area contributed by atoms with Gasteiger partial charge in [0.15, 0.2) is 0 Å². The van der Waals surface area contributed by atoms with E-state index in [-0.39, 0.29) is 11.9 Å². The summed E-state index contributed by atoms with van der Waals surface area (Å²) in [6, 6.07) is 10.7. The third-order valence-corrected chi connectivity index (χ3v) is 4.15. The number of nitrogens with one attached hydrogen (secondary N) is 1. The molecule has 0 saturated carbocycles. The van der Waals surface area contributed by atoms with Crippen molar-refractivity contribution in [2.45, 2.75) is 26.3 Å². The lowest BCUT2D eigenvalue weighted by molar-refractivity contribution is 0.545. The van der Waals surface area contributed by atoms with Gasteiger partial charge in [0.1, 0.15) is 5.82 Å². The molecule has 21 heavy (non-hydrogen) atoms. The van der Waals surface area contributed by atoms with Crippen molar-refractivity contribution in [2.75, 3.05) is 6.54 Å². The molecule has 1 nitrogen and oxygen atoms in total. The molecule has 0 heterocycles. The predicted molar refractivity (Wildman–Crippen MR) is 90.4 cm³/mol. The molecular formula is C17H18BrClFN. The lowest BCUT2D eigenvalue weighted by Gasteiger charge is -2.22. The van der Waals surface area contributed by atoms with Crippen molar-refractivity contribution < 1.29 is 4.39 Å². The van der Waals surface area contributed by atoms with Gasteiger partial charge in [-0.1, -0.05) is 46.6 Å². The van der Waals surface area contributed by atoms with E-state index in [1.165, 1.54) is 6.07 Å². The van der Waals surface area contributed by atoms with Crippen LogP contribution in [0.5, 0.6) is 0 Å². The van der Waals surface area contributed by atoms with Gasteiger partial charge in [0, 0.05) is 15.1 Å². The maximum atomic E-state index is 14.3. The summed E-state index contributed by atoms with van der Waals surface area (Å²) in [6.07, 6.45) is 0.985. The first-order chi connectivity index (χ1) is 10.0. The summed E-state index contributed by atoms with van der Waals surface area (Å²) in [7, 11) is 0. The number of hydrogen-bond donors (Lipinski definition) is 1. The van der Waals surface area contributed by atoms with Gasteiger partial charge in [-0.05, 0) is 55.3 Å². The highest BCUT2D eigenvalue weighted by atomic mass is 79.9. The summed E-state index contributed by atoms with van der Waals surface area (Å²) in [5.74, 6) is -0.282. The van der Waals surface area contributed by atoms with Crippen molar-refractivity contribution >= 4 is 27.5 Å². The average molecular weight is 371 g/mol. The van der Waals surface area contributed by atoms with Crippen molar-refractivity contribution in [1.82, 2.24) is 5.32 Å². The largest absolute Gasteiger partial charge is 0.306 e. The van der Waals surface area contributed by atoms with Crippen LogP contribution in [-0.4, -0.2) is 6.54 Å². The molecule has 4 heteroatoms. The normalized spacial score (nSPS) is 12.4. The summed E-state index contributed by atoms with van der Waals surface area (Å²) in [5.41, 5.74) is 2.81. The first-order valence-electron chi connectivity index (χ1n) is 6.97. The second-order valence-electron chi connectivity index (χ2n) is 5.05. The van der Waals surface area contributed by atoms with Crippen LogP contribution in [0.1, 0.15) is 36.1 Å². The van der Waals surface area contributed by atoms with Crippen molar-refractivity contribution in [3.05, 3.63) is 68.4 Å². The molecule has 0 spiro atoms. The Hall–Kier alpha value is -0.900. The molecule has 1 unspecified atom stereocenters. The van der Waals surface area contributed by atoms with E-state index in [1.807, 2.05) is 25.1 Å². The van der Waals surface area contributed by atoms with E-state index in [4.69, 9.17) is 11.6 Å². The van der Waals surface area contributed by atoms with Crippen LogP contribution in [0.2, 0.25) is 5.02 Å². The number of halogens is 3. The van der Waals surface area contributed by atoms with Gasteiger partial charge < -0.3 is 5.32 Å². The zero-order chi connectivity index (χ0) is 15.4. The van der Waals surface area contributed by atoms with Crippen molar-refractivity contribution in [2.24, 2.45) is 0 Å². The molecule has 0 fully saturated rings. The fraction of sp³-hybridized carbons (Fsp3) is 0.294. The summed E-state index contributed by atoms with van der Waals surface area (Å²) < 4.78 is 15.3. The second-order valence-corrected chi connectivity index (χ2v) is 6.41. The minimum absolute atomic E-state index is 0.181. The van der Waals surface area contributed by atoms with Crippen LogP contribution >= 0.6 is 27.5 Å². The van der Waals surface area contributed by atoms with Gasteiger partial charge in [-0.2, -0.15) is 0 Å². The highest BCUT2D eigenvalue weighted by Crippen LogP contribution is 2.30. The summed E-state index contributed by atoms with van der Waals surface area (Å²) >= 11 is 9.35. The van der Waals surface area contributed by atoms with E-state index in [9.17, 15) is 4.39 Å². The molecule has 0 aliphatic carbocycles. The highest BCUT2D eigenvalue weighted by Gasteiger charge is 2.19. The van der Waals surface area contributed by atoms with Gasteiger partial charge in [-0.25, -0.2) is 4.39 Å². The molecule has 0 saturated heterocycles. The third-order valence-electron chi connectivity index (χ3n) is 3.42. The molecule has 2 aromatic rings. The average Bonchev–Trinajstić information content (AvgIpc) is 2.44. The molecule has 0 bridgehead atoms. The van der Waals surface area contributed by atoms with Gasteiger partial charge in [-0.3, -0.25) is 0 Å². The van der Waals surface area contributed by atoms with Crippen molar-refractivity contribution in [3.63, 3.8) is 0 Å². The van der Waals surface area contributed by atoms with Crippen molar-refractivity contribution in [1.29, 1.82) is 0 Å². The summed E-state index contributed by atoms with van der Waals surface area (Å²) in [6.45, 7) is 4.95. The molecule has 0 radical (unpaired) electrons. The molecule has 0 aliphatic rings. The van der Waals surface area contributed by atoms with Crippen LogP contribution in [0, 0.1) is 12.7 Å². The fourth-order valence-corrected chi connectivity index (χ4v) is 2.87. The first kappa shape index (κ1) is 16.5. The first-order valence-corrected chi connectivity index (χ1v) is 8.14. The Morgan fingerprint density at radius 2 is 1.95 bits per heavy atom. The topological polar surface area (TPSA) is 12.0 Å². The van der Waals surface area contributed by atoms with Crippen LogP contribution in [-0.2, 0) is 0 Å². The molecule has 0 amide bonds. The van der Waals surface area contributed by atoms with Crippen molar-refractivity contribution in [3.8, 4) is 0 Å². The lowest BCUT2D eigenvalue weighted by atomic mass is 9.94. The SMILES string of the molecule is CCCNC(c1cc(Br)ccc1C)c1ccc(Cl)cc1F. The van der Waals surface area contributed by atoms with E-state index in [0.717, 1.165) is 28.6 Å². The Morgan fingerprint density at radius 1 is 1.19 bits per heavy atom. The Morgan fingerprint density at radius 3 is 2.62 bits per heavy atom. The third kappa shape index (κ3) is 4.06. The zero-order valence-electron chi connectivity index (χ0n) is 12.1. The Bertz CT molecular complexity index is 630. The molecular weight excluding hydrogens is 353 g/mol. The number of benzene rings is 2. The summed E-state index contributed by atoms with van der Waals surface area (Å²) in [5, 5.41) is 3.84. The molecule has 1 atom stereocenters. The minimum atomic E-state index is -0.282. The van der Waals surface area contributed by atoms with Gasteiger partial charge in [0.2, 0.25) is 0 Å². The number of aryl methyl sites for hydroxylation is 1. The van der Waals surface area contributed by atoms with Gasteiger partial charge >= 0.3 is 0 Å². The second kappa shape index (κ2) is 7.39. The number of rotatable bonds is 5. The molecule has 2 rings (SSSR count). The minimum Gasteiger partial charge on any atom is -0.306 e. The molecule has 0 aromatic heterocycles. The van der Waals surface area contributed by atoms with Crippen LogP contribution in [0.15, 0.2) is 40.9 Å². The quantitative estimate of drug-likeness (QED) is 0.718. The molecule has 2 aromatic carbocycles. The smallest absolute Gasteiger partial charge is 0.129 e.